The highest BCUT2D eigenvalue weighted by Crippen LogP contribution is 2.49. The fourth-order valence-corrected chi connectivity index (χ4v) is 6.05. The fraction of sp³-hybridized carbons (Fsp3) is 0.821. The average Bonchev–Trinajstić information content (AvgIpc) is 3.18. The predicted molar refractivity (Wildman–Crippen MR) is 152 cm³/mol. The quantitative estimate of drug-likeness (QED) is 0.177. The number of hydrogen-bond donors (Lipinski definition) is 2. The molecule has 0 aliphatic carbocycles. The van der Waals surface area contributed by atoms with Gasteiger partial charge in [0.2, 0.25) is 0 Å². The molecular formula is C28H49F2N3O5Si. The number of unbranched alkanes of at least 4 members (excludes halogenated alkanes) is 5. The van der Waals surface area contributed by atoms with Crippen LogP contribution in [0.15, 0.2) is 17.1 Å². The maximum atomic E-state index is 15.1. The van der Waals surface area contributed by atoms with E-state index in [0.717, 1.165) is 38.5 Å². The smallest absolute Gasteiger partial charge is 0.349 e. The first-order valence-corrected chi connectivity index (χ1v) is 17.2. The van der Waals surface area contributed by atoms with E-state index in [2.05, 4.69) is 11.9 Å². The highest BCUT2D eigenvalue weighted by atomic mass is 28.4. The number of nitrogens with zero attached hydrogens (tertiary/aromatic N) is 2. The average molecular weight is 574 g/mol. The maximum Gasteiger partial charge on any atom is 0.349 e. The molecule has 224 valence electrons. The van der Waals surface area contributed by atoms with Crippen LogP contribution in [0.4, 0.5) is 14.6 Å². The number of ether oxygens (including phenoxy) is 1. The van der Waals surface area contributed by atoms with Crippen molar-refractivity contribution in [1.29, 1.82) is 0 Å². The van der Waals surface area contributed by atoms with Gasteiger partial charge in [-0.05, 0) is 43.5 Å². The molecule has 1 fully saturated rings. The maximum absolute atomic E-state index is 15.1. The minimum atomic E-state index is -3.30. The van der Waals surface area contributed by atoms with Gasteiger partial charge in [-0.25, -0.2) is 13.6 Å². The molecule has 8 nitrogen and oxygen atoms in total. The van der Waals surface area contributed by atoms with Gasteiger partial charge < -0.3 is 20.0 Å². The predicted octanol–water partition coefficient (Wildman–Crippen LogP) is 6.27. The van der Waals surface area contributed by atoms with Gasteiger partial charge in [-0.3, -0.25) is 9.36 Å². The SMILES string of the molecule is CCCCCCCC[C@H](CC[C@@](CO[Si](C)(C)C(C)(C)C)(C(=O)O)C1COCC1(F)F)n1ccc(N)nc1=O. The topological polar surface area (TPSA) is 117 Å². The monoisotopic (exact) mass is 573 g/mol. The number of halogens is 2. The number of carboxylic acids is 1. The van der Waals surface area contributed by atoms with Crippen molar-refractivity contribution in [2.45, 2.75) is 116 Å². The molecule has 1 aromatic heterocycles. The van der Waals surface area contributed by atoms with E-state index in [1.165, 1.54) is 10.6 Å². The Labute approximate surface area is 232 Å². The summed E-state index contributed by atoms with van der Waals surface area (Å²) >= 11 is 0. The molecule has 1 unspecified atom stereocenters. The molecular weight excluding hydrogens is 524 g/mol. The van der Waals surface area contributed by atoms with E-state index >= 15 is 8.78 Å². The van der Waals surface area contributed by atoms with E-state index in [1.54, 1.807) is 6.20 Å². The summed E-state index contributed by atoms with van der Waals surface area (Å²) in [5.41, 5.74) is 3.29. The van der Waals surface area contributed by atoms with Gasteiger partial charge >= 0.3 is 11.7 Å². The van der Waals surface area contributed by atoms with Gasteiger partial charge in [0.05, 0.1) is 19.1 Å². The lowest BCUT2D eigenvalue weighted by Gasteiger charge is -2.43. The molecule has 0 spiro atoms. The summed E-state index contributed by atoms with van der Waals surface area (Å²) in [6.45, 7) is 10.7. The van der Waals surface area contributed by atoms with Gasteiger partial charge in [0, 0.05) is 12.2 Å². The van der Waals surface area contributed by atoms with Crippen molar-refractivity contribution in [1.82, 2.24) is 9.55 Å². The second kappa shape index (κ2) is 13.7. The molecule has 3 N–H and O–H groups in total. The molecule has 0 saturated carbocycles. The number of anilines is 1. The van der Waals surface area contributed by atoms with Crippen LogP contribution in [-0.4, -0.2) is 54.7 Å². The molecule has 1 aromatic rings. The first-order valence-electron chi connectivity index (χ1n) is 14.2. The van der Waals surface area contributed by atoms with Crippen molar-refractivity contribution in [3.05, 3.63) is 22.7 Å². The molecule has 1 saturated heterocycles. The third kappa shape index (κ3) is 8.57. The Bertz CT molecular complexity index is 998. The highest BCUT2D eigenvalue weighted by molar-refractivity contribution is 6.74. The summed E-state index contributed by atoms with van der Waals surface area (Å²) in [5, 5.41) is 10.3. The number of carboxylic acid groups (broad SMARTS) is 1. The van der Waals surface area contributed by atoms with Crippen molar-refractivity contribution in [3.8, 4) is 0 Å². The van der Waals surface area contributed by atoms with Gasteiger partial charge in [0.1, 0.15) is 17.8 Å². The van der Waals surface area contributed by atoms with Crippen LogP contribution in [0.2, 0.25) is 18.1 Å². The van der Waals surface area contributed by atoms with Gasteiger partial charge in [0.25, 0.3) is 5.92 Å². The number of nitrogen functional groups attached to an aromatic ring is 1. The molecule has 0 bridgehead atoms. The Balaban J connectivity index is 2.38. The first-order chi connectivity index (χ1) is 18.1. The van der Waals surface area contributed by atoms with Crippen molar-refractivity contribution < 1.29 is 27.8 Å². The number of rotatable bonds is 16. The van der Waals surface area contributed by atoms with Crippen molar-refractivity contribution in [2.75, 3.05) is 25.6 Å². The minimum absolute atomic E-state index is 0.0854. The van der Waals surface area contributed by atoms with Gasteiger partial charge in [-0.1, -0.05) is 66.2 Å². The van der Waals surface area contributed by atoms with E-state index in [9.17, 15) is 14.7 Å². The zero-order chi connectivity index (χ0) is 29.5. The van der Waals surface area contributed by atoms with Crippen LogP contribution in [0.25, 0.3) is 0 Å². The molecule has 39 heavy (non-hydrogen) atoms. The highest BCUT2D eigenvalue weighted by Gasteiger charge is 2.60. The van der Waals surface area contributed by atoms with E-state index in [4.69, 9.17) is 14.9 Å². The van der Waals surface area contributed by atoms with E-state index in [-0.39, 0.29) is 36.9 Å². The molecule has 0 aromatic carbocycles. The first kappa shape index (κ1) is 33.4. The van der Waals surface area contributed by atoms with Crippen LogP contribution in [0, 0.1) is 11.3 Å². The summed E-state index contributed by atoms with van der Waals surface area (Å²) in [6.07, 6.45) is 8.60. The third-order valence-corrected chi connectivity index (χ3v) is 13.2. The normalized spacial score (nSPS) is 20.1. The molecule has 0 amide bonds. The van der Waals surface area contributed by atoms with E-state index in [1.807, 2.05) is 33.9 Å². The number of aromatic nitrogens is 2. The second-order valence-corrected chi connectivity index (χ2v) is 17.4. The Morgan fingerprint density at radius 3 is 2.44 bits per heavy atom. The molecule has 2 rings (SSSR count). The number of hydrogen-bond acceptors (Lipinski definition) is 6. The summed E-state index contributed by atoms with van der Waals surface area (Å²) < 4.78 is 43.1. The van der Waals surface area contributed by atoms with Gasteiger partial charge in [-0.2, -0.15) is 4.98 Å². The Hall–Kier alpha value is -1.85. The van der Waals surface area contributed by atoms with Crippen LogP contribution in [-0.2, 0) is 14.0 Å². The molecule has 2 heterocycles. The number of carbonyl (C=O) groups is 1. The molecule has 1 aliphatic heterocycles. The fourth-order valence-electron chi connectivity index (χ4n) is 5.00. The summed E-state index contributed by atoms with van der Waals surface area (Å²) in [5.74, 6) is -6.07. The third-order valence-electron chi connectivity index (χ3n) is 8.74. The Kier molecular flexibility index (Phi) is 11.7. The minimum Gasteiger partial charge on any atom is -0.481 e. The molecule has 1 aliphatic rings. The van der Waals surface area contributed by atoms with Crippen molar-refractivity contribution >= 4 is 20.1 Å². The van der Waals surface area contributed by atoms with Crippen molar-refractivity contribution in [2.24, 2.45) is 11.3 Å². The molecule has 0 radical (unpaired) electrons. The lowest BCUT2D eigenvalue weighted by atomic mass is 9.70. The van der Waals surface area contributed by atoms with Crippen LogP contribution < -0.4 is 11.4 Å². The van der Waals surface area contributed by atoms with Crippen LogP contribution in [0.5, 0.6) is 0 Å². The van der Waals surface area contributed by atoms with Gasteiger partial charge in [-0.15, -0.1) is 0 Å². The number of alkyl halides is 2. The lowest BCUT2D eigenvalue weighted by molar-refractivity contribution is -0.168. The Morgan fingerprint density at radius 1 is 1.26 bits per heavy atom. The zero-order valence-electron chi connectivity index (χ0n) is 24.6. The van der Waals surface area contributed by atoms with Crippen molar-refractivity contribution in [3.63, 3.8) is 0 Å². The standard InChI is InChI=1S/C28H49F2N3O5Si/c1-7-8-9-10-11-12-13-21(33-17-15-23(31)32-25(33)36)14-16-27(24(34)35,22-18-37-20-28(22,29)30)19-38-39(5,6)26(2,3)4/h15,17,21-22H,7-14,16,18-20H2,1-6H3,(H,34,35)(H2,31,32,36)/t21-,22?,27+/m1/s1. The summed E-state index contributed by atoms with van der Waals surface area (Å²) in [4.78, 5) is 29.5. The Morgan fingerprint density at radius 2 is 1.90 bits per heavy atom. The number of aliphatic carboxylic acids is 1. The zero-order valence-corrected chi connectivity index (χ0v) is 25.6. The molecule has 3 atom stereocenters. The second-order valence-electron chi connectivity index (χ2n) is 12.6. The lowest BCUT2D eigenvalue weighted by Crippen LogP contribution is -2.53. The summed E-state index contributed by atoms with van der Waals surface area (Å²) in [7, 11) is -2.46. The largest absolute Gasteiger partial charge is 0.481 e. The summed E-state index contributed by atoms with van der Waals surface area (Å²) in [6, 6.07) is 1.12. The molecule has 11 heteroatoms. The number of nitrogens with two attached hydrogens (primary N) is 1. The van der Waals surface area contributed by atoms with Crippen LogP contribution >= 0.6 is 0 Å². The van der Waals surface area contributed by atoms with E-state index < -0.39 is 49.9 Å². The van der Waals surface area contributed by atoms with Gasteiger partial charge in [0.15, 0.2) is 8.32 Å². The van der Waals surface area contributed by atoms with Crippen LogP contribution in [0.1, 0.15) is 91.5 Å². The van der Waals surface area contributed by atoms with E-state index in [0.29, 0.717) is 6.42 Å². The van der Waals surface area contributed by atoms with Crippen LogP contribution in [0.3, 0.4) is 0 Å².